The van der Waals surface area contributed by atoms with Gasteiger partial charge in [-0.15, -0.1) is 0 Å². The van der Waals surface area contributed by atoms with Gasteiger partial charge >= 0.3 is 0 Å². The Morgan fingerprint density at radius 1 is 0.683 bits per heavy atom. The Labute approximate surface area is 354 Å². The highest BCUT2D eigenvalue weighted by molar-refractivity contribution is 6.31. The zero-order valence-electron chi connectivity index (χ0n) is 33.4. The van der Waals surface area contributed by atoms with Gasteiger partial charge in [0.05, 0.1) is 21.1 Å². The summed E-state index contributed by atoms with van der Waals surface area (Å²) in [5.41, 5.74) is 1.58. The van der Waals surface area contributed by atoms with E-state index in [4.69, 9.17) is 36.3 Å². The maximum Gasteiger partial charge on any atom is 0.261 e. The summed E-state index contributed by atoms with van der Waals surface area (Å²) in [5.74, 6) is -0.470. The van der Waals surface area contributed by atoms with Crippen molar-refractivity contribution in [3.63, 3.8) is 0 Å². The number of hydrogen-bond donors (Lipinski definition) is 4. The van der Waals surface area contributed by atoms with Crippen LogP contribution >= 0.6 is 23.2 Å². The van der Waals surface area contributed by atoms with Crippen LogP contribution in [0.3, 0.4) is 0 Å². The van der Waals surface area contributed by atoms with Crippen molar-refractivity contribution in [2.75, 3.05) is 38.8 Å². The molecule has 6 aromatic rings. The fourth-order valence-corrected chi connectivity index (χ4v) is 8.54. The Kier molecular flexibility index (Phi) is 12.6. The van der Waals surface area contributed by atoms with Gasteiger partial charge in [-0.2, -0.15) is 10.2 Å². The third-order valence-electron chi connectivity index (χ3n) is 11.6. The first-order valence-electron chi connectivity index (χ1n) is 19.5. The minimum Gasteiger partial charge on any atom is -0.338 e. The SMILES string of the molecule is [C-]#[N+][C@H]1C[C@@H](N(C)C)CC[C@@H]1n1nc(Nc2ccc(Cl)c(F)c2)c2c(=O)[nH]ccc21.[C-]#[N+][C@H]1C[C@H](N(C)C)CC[C@@H]1n1nc(Nc2ccc(Cl)c(F)c2)c2c(=O)[nH]ccc21. The quantitative estimate of drug-likeness (QED) is 0.112. The first-order chi connectivity index (χ1) is 28.8. The molecule has 0 radical (unpaired) electrons. The molecular weight excluding hydrogens is 813 g/mol. The van der Waals surface area contributed by atoms with E-state index in [1.807, 2.05) is 28.2 Å². The summed E-state index contributed by atoms with van der Waals surface area (Å²) in [6.45, 7) is 15.4. The number of pyridine rings is 2. The second kappa shape index (κ2) is 17.8. The van der Waals surface area contributed by atoms with E-state index in [0.717, 1.165) is 38.5 Å². The molecule has 14 nitrogen and oxygen atoms in total. The third kappa shape index (κ3) is 8.60. The Morgan fingerprint density at radius 3 is 1.43 bits per heavy atom. The average molecular weight is 858 g/mol. The van der Waals surface area contributed by atoms with Crippen LogP contribution in [0.4, 0.5) is 31.8 Å². The Balaban J connectivity index is 0.000000181. The summed E-state index contributed by atoms with van der Waals surface area (Å²) < 4.78 is 31.3. The largest absolute Gasteiger partial charge is 0.338 e. The summed E-state index contributed by atoms with van der Waals surface area (Å²) in [7, 11) is 8.12. The van der Waals surface area contributed by atoms with Gasteiger partial charge < -0.3 is 40.1 Å². The molecule has 0 saturated heterocycles. The lowest BCUT2D eigenvalue weighted by molar-refractivity contribution is 0.184. The zero-order chi connectivity index (χ0) is 42.8. The monoisotopic (exact) mass is 856 g/mol. The molecule has 2 aliphatic rings. The standard InChI is InChI=1S/2C21H22ClFN6O/c2*1-24-16-11-13(28(2)3)5-7-17(16)29-18-8-9-25-21(30)19(18)20(27-29)26-12-4-6-14(22)15(23)10-12/h2*4,6,8-10,13,16-17H,5,7,11H2,2-3H3,(H,25,30)(H,26,27)/t13-,16+,17+;13-,16-,17-/m10/s1. The lowest BCUT2D eigenvalue weighted by Crippen LogP contribution is -2.39. The van der Waals surface area contributed by atoms with Gasteiger partial charge in [0.1, 0.15) is 34.5 Å². The molecule has 4 aromatic heterocycles. The van der Waals surface area contributed by atoms with Crippen molar-refractivity contribution in [1.82, 2.24) is 39.3 Å². The van der Waals surface area contributed by atoms with Crippen LogP contribution in [-0.4, -0.2) is 91.7 Å². The van der Waals surface area contributed by atoms with E-state index in [-0.39, 0.29) is 45.3 Å². The number of aromatic amines is 2. The number of benzene rings is 2. The van der Waals surface area contributed by atoms with E-state index in [1.165, 1.54) is 24.3 Å². The van der Waals surface area contributed by atoms with Gasteiger partial charge in [0.25, 0.3) is 11.1 Å². The summed E-state index contributed by atoms with van der Waals surface area (Å²) in [5, 5.41) is 16.2. The van der Waals surface area contributed by atoms with Crippen molar-refractivity contribution >= 4 is 68.0 Å². The first-order valence-corrected chi connectivity index (χ1v) is 20.2. The lowest BCUT2D eigenvalue weighted by Gasteiger charge is -2.33. The van der Waals surface area contributed by atoms with Crippen LogP contribution in [0, 0.1) is 24.8 Å². The molecular formula is C42H44Cl2F2N12O2. The molecule has 6 atom stereocenters. The molecule has 18 heteroatoms. The molecule has 2 saturated carbocycles. The highest BCUT2D eigenvalue weighted by Crippen LogP contribution is 2.38. The molecule has 0 unspecified atom stereocenters. The van der Waals surface area contributed by atoms with Crippen LogP contribution in [0.25, 0.3) is 31.5 Å². The maximum atomic E-state index is 13.9. The summed E-state index contributed by atoms with van der Waals surface area (Å²) >= 11 is 11.5. The number of rotatable bonds is 8. The molecule has 0 amide bonds. The summed E-state index contributed by atoms with van der Waals surface area (Å²) in [6.07, 6.45) is 8.11. The number of nitrogens with one attached hydrogen (secondary N) is 4. The van der Waals surface area contributed by atoms with Gasteiger partial charge in [-0.1, -0.05) is 23.2 Å². The van der Waals surface area contributed by atoms with Crippen LogP contribution < -0.4 is 21.8 Å². The second-order valence-electron chi connectivity index (χ2n) is 15.6. The number of nitrogens with zero attached hydrogens (tertiary/aromatic N) is 8. The van der Waals surface area contributed by atoms with Crippen LogP contribution in [0.5, 0.6) is 0 Å². The normalized spacial score (nSPS) is 21.7. The number of fused-ring (bicyclic) bond motifs is 2. The van der Waals surface area contributed by atoms with Gasteiger partial charge in [-0.25, -0.2) is 21.9 Å². The predicted octanol–water partition coefficient (Wildman–Crippen LogP) is 8.41. The van der Waals surface area contributed by atoms with Crippen molar-refractivity contribution < 1.29 is 8.78 Å². The summed E-state index contributed by atoms with van der Waals surface area (Å²) in [6, 6.07) is 12.2. The topological polar surface area (TPSA) is 141 Å². The van der Waals surface area contributed by atoms with E-state index >= 15 is 0 Å². The number of aromatic nitrogens is 6. The summed E-state index contributed by atoms with van der Waals surface area (Å²) in [4.78, 5) is 42.6. The molecule has 60 heavy (non-hydrogen) atoms. The molecule has 4 heterocycles. The molecule has 0 bridgehead atoms. The number of H-pyrrole nitrogens is 2. The van der Waals surface area contributed by atoms with E-state index in [1.54, 1.807) is 46.0 Å². The van der Waals surface area contributed by atoms with Gasteiger partial charge in [-0.3, -0.25) is 19.0 Å². The highest BCUT2D eigenvalue weighted by Gasteiger charge is 2.40. The molecule has 312 valence electrons. The van der Waals surface area contributed by atoms with Gasteiger partial charge in [0.2, 0.25) is 12.1 Å². The van der Waals surface area contributed by atoms with Gasteiger partial charge in [0, 0.05) is 48.7 Å². The number of halogens is 4. The number of hydrogen-bond acceptors (Lipinski definition) is 8. The van der Waals surface area contributed by atoms with Crippen molar-refractivity contribution in [2.45, 2.75) is 74.8 Å². The van der Waals surface area contributed by atoms with E-state index < -0.39 is 11.6 Å². The lowest BCUT2D eigenvalue weighted by atomic mass is 9.86. The van der Waals surface area contributed by atoms with E-state index in [2.05, 4.69) is 50.3 Å². The van der Waals surface area contributed by atoms with Crippen molar-refractivity contribution in [1.29, 1.82) is 0 Å². The smallest absolute Gasteiger partial charge is 0.261 e. The Bertz CT molecular complexity index is 2550. The molecule has 0 spiro atoms. The molecule has 8 rings (SSSR count). The molecule has 4 N–H and O–H groups in total. The fourth-order valence-electron chi connectivity index (χ4n) is 8.31. The molecule has 2 aromatic carbocycles. The second-order valence-corrected chi connectivity index (χ2v) is 16.4. The number of anilines is 4. The average Bonchev–Trinajstić information content (AvgIpc) is 3.79. The molecule has 0 aliphatic heterocycles. The van der Waals surface area contributed by atoms with Gasteiger partial charge in [-0.05, 0) is 102 Å². The van der Waals surface area contributed by atoms with Crippen LogP contribution in [0.2, 0.25) is 10.0 Å². The Morgan fingerprint density at radius 2 is 1.08 bits per heavy atom. The van der Waals surface area contributed by atoms with Crippen LogP contribution in [0.15, 0.2) is 70.5 Å². The van der Waals surface area contributed by atoms with Crippen molar-refractivity contribution in [3.05, 3.63) is 126 Å². The van der Waals surface area contributed by atoms with Crippen LogP contribution in [0.1, 0.15) is 50.6 Å². The Hall–Kier alpha value is -5.78. The molecule has 2 aliphatic carbocycles. The third-order valence-corrected chi connectivity index (χ3v) is 12.2. The van der Waals surface area contributed by atoms with Crippen LogP contribution in [-0.2, 0) is 0 Å². The van der Waals surface area contributed by atoms with Crippen molar-refractivity contribution in [3.8, 4) is 0 Å². The van der Waals surface area contributed by atoms with Gasteiger partial charge in [0.15, 0.2) is 11.6 Å². The minimum absolute atomic E-state index is 0.0198. The zero-order valence-corrected chi connectivity index (χ0v) is 34.9. The van der Waals surface area contributed by atoms with Crippen molar-refractivity contribution in [2.24, 2.45) is 0 Å². The van der Waals surface area contributed by atoms with E-state index in [9.17, 15) is 18.4 Å². The van der Waals surface area contributed by atoms with E-state index in [0.29, 0.717) is 56.9 Å². The predicted molar refractivity (Wildman–Crippen MR) is 232 cm³/mol. The minimum atomic E-state index is -0.561. The first kappa shape index (κ1) is 42.3. The highest BCUT2D eigenvalue weighted by atomic mass is 35.5. The maximum absolute atomic E-state index is 13.9. The fraction of sp³-hybridized carbons (Fsp3) is 0.381. The molecule has 2 fully saturated rings.